The average molecular weight is 363 g/mol. The highest BCUT2D eigenvalue weighted by atomic mass is 35.5. The van der Waals surface area contributed by atoms with Crippen molar-refractivity contribution in [3.63, 3.8) is 0 Å². The first-order valence-corrected chi connectivity index (χ1v) is 8.89. The number of hydrogen-bond acceptors (Lipinski definition) is 4. The van der Waals surface area contributed by atoms with Gasteiger partial charge in [-0.1, -0.05) is 37.5 Å². The van der Waals surface area contributed by atoms with Gasteiger partial charge in [0.1, 0.15) is 17.6 Å². The van der Waals surface area contributed by atoms with Crippen molar-refractivity contribution in [1.82, 2.24) is 10.1 Å². The highest BCUT2D eigenvalue weighted by Gasteiger charge is 2.28. The Labute approximate surface area is 152 Å². The Balaban J connectivity index is 1.55. The number of carbonyl (C=O) groups excluding carboxylic acids is 1. The summed E-state index contributed by atoms with van der Waals surface area (Å²) in [5, 5.41) is 4.63. The third-order valence-corrected chi connectivity index (χ3v) is 4.57. The maximum atomic E-state index is 12.6. The molecule has 0 radical (unpaired) electrons. The highest BCUT2D eigenvalue weighted by Crippen LogP contribution is 2.25. The van der Waals surface area contributed by atoms with Crippen LogP contribution >= 0.6 is 11.6 Å². The zero-order valence-electron chi connectivity index (χ0n) is 14.8. The van der Waals surface area contributed by atoms with E-state index in [0.717, 1.165) is 24.4 Å². The van der Waals surface area contributed by atoms with Gasteiger partial charge in [0.05, 0.1) is 0 Å². The summed E-state index contributed by atoms with van der Waals surface area (Å²) in [4.78, 5) is 14.4. The standard InChI is InChI=1S/C19H23ClN2O3/c1-19(2,3)17-12-16(21-25-17)18(23)22-10-8-15(9-11-22)24-14-6-4-13(20)5-7-14/h4-7,12,15H,8-11H2,1-3H3. The summed E-state index contributed by atoms with van der Waals surface area (Å²) >= 11 is 5.88. The Hall–Kier alpha value is -2.01. The maximum absolute atomic E-state index is 12.6. The average Bonchev–Trinajstić information content (AvgIpc) is 3.07. The topological polar surface area (TPSA) is 55.6 Å². The predicted molar refractivity (Wildman–Crippen MR) is 96.2 cm³/mol. The molecule has 2 aromatic rings. The Morgan fingerprint density at radius 3 is 2.44 bits per heavy atom. The molecule has 6 heteroatoms. The van der Waals surface area contributed by atoms with Crippen molar-refractivity contribution in [3.05, 3.63) is 46.8 Å². The van der Waals surface area contributed by atoms with Gasteiger partial charge in [0.25, 0.3) is 5.91 Å². The largest absolute Gasteiger partial charge is 0.490 e. The third kappa shape index (κ3) is 4.34. The van der Waals surface area contributed by atoms with Crippen LogP contribution in [0.2, 0.25) is 5.02 Å². The molecule has 1 fully saturated rings. The van der Waals surface area contributed by atoms with E-state index in [1.54, 1.807) is 6.07 Å². The van der Waals surface area contributed by atoms with Crippen LogP contribution in [0.4, 0.5) is 0 Å². The van der Waals surface area contributed by atoms with Crippen LogP contribution in [-0.2, 0) is 5.41 Å². The van der Waals surface area contributed by atoms with Crippen molar-refractivity contribution in [2.24, 2.45) is 0 Å². The molecule has 0 aliphatic carbocycles. The second-order valence-corrected chi connectivity index (χ2v) is 7.83. The van der Waals surface area contributed by atoms with E-state index in [1.165, 1.54) is 0 Å². The van der Waals surface area contributed by atoms with E-state index < -0.39 is 0 Å². The summed E-state index contributed by atoms with van der Waals surface area (Å²) < 4.78 is 11.3. The van der Waals surface area contributed by atoms with Crippen molar-refractivity contribution < 1.29 is 14.1 Å². The second kappa shape index (κ2) is 7.08. The number of nitrogens with zero attached hydrogens (tertiary/aromatic N) is 2. The molecule has 1 amide bonds. The van der Waals surface area contributed by atoms with Gasteiger partial charge in [-0.3, -0.25) is 4.79 Å². The maximum Gasteiger partial charge on any atom is 0.276 e. The quantitative estimate of drug-likeness (QED) is 0.816. The minimum atomic E-state index is -0.162. The Kier molecular flexibility index (Phi) is 5.04. The third-order valence-electron chi connectivity index (χ3n) is 4.31. The lowest BCUT2D eigenvalue weighted by Crippen LogP contribution is -2.41. The number of piperidine rings is 1. The van der Waals surface area contributed by atoms with Crippen molar-refractivity contribution in [2.75, 3.05) is 13.1 Å². The summed E-state index contributed by atoms with van der Waals surface area (Å²) in [6.07, 6.45) is 1.68. The van der Waals surface area contributed by atoms with Crippen LogP contribution in [-0.4, -0.2) is 35.2 Å². The van der Waals surface area contributed by atoms with E-state index in [9.17, 15) is 4.79 Å². The lowest BCUT2D eigenvalue weighted by molar-refractivity contribution is 0.0586. The van der Waals surface area contributed by atoms with Crippen molar-refractivity contribution in [3.8, 4) is 5.75 Å². The first-order valence-electron chi connectivity index (χ1n) is 8.51. The van der Waals surface area contributed by atoms with Crippen LogP contribution in [0.15, 0.2) is 34.9 Å². The fourth-order valence-electron chi connectivity index (χ4n) is 2.77. The molecule has 1 aliphatic rings. The molecule has 2 heterocycles. The van der Waals surface area contributed by atoms with Crippen molar-refractivity contribution >= 4 is 17.5 Å². The molecule has 1 aromatic carbocycles. The summed E-state index contributed by atoms with van der Waals surface area (Å²) in [7, 11) is 0. The van der Waals surface area contributed by atoms with E-state index in [0.29, 0.717) is 23.8 Å². The molecule has 0 N–H and O–H groups in total. The number of halogens is 1. The number of ether oxygens (including phenoxy) is 1. The van der Waals surface area contributed by atoms with E-state index >= 15 is 0 Å². The molecule has 1 aromatic heterocycles. The summed E-state index contributed by atoms with van der Waals surface area (Å²) in [6, 6.07) is 9.10. The van der Waals surface area contributed by atoms with E-state index in [1.807, 2.05) is 49.9 Å². The van der Waals surface area contributed by atoms with Gasteiger partial charge in [-0.15, -0.1) is 0 Å². The number of aromatic nitrogens is 1. The van der Waals surface area contributed by atoms with Gasteiger partial charge < -0.3 is 14.2 Å². The molecule has 0 atom stereocenters. The van der Waals surface area contributed by atoms with E-state index in [2.05, 4.69) is 5.16 Å². The fourth-order valence-corrected chi connectivity index (χ4v) is 2.90. The lowest BCUT2D eigenvalue weighted by Gasteiger charge is -2.31. The van der Waals surface area contributed by atoms with Gasteiger partial charge in [0, 0.05) is 42.4 Å². The first kappa shape index (κ1) is 17.8. The smallest absolute Gasteiger partial charge is 0.276 e. The van der Waals surface area contributed by atoms with Gasteiger partial charge in [0.15, 0.2) is 5.69 Å². The second-order valence-electron chi connectivity index (χ2n) is 7.39. The van der Waals surface area contributed by atoms with E-state index in [4.69, 9.17) is 20.9 Å². The minimum Gasteiger partial charge on any atom is -0.490 e. The lowest BCUT2D eigenvalue weighted by atomic mass is 9.93. The molecular weight excluding hydrogens is 340 g/mol. The molecule has 0 saturated carbocycles. The summed E-state index contributed by atoms with van der Waals surface area (Å²) in [6.45, 7) is 7.38. The fraction of sp³-hybridized carbons (Fsp3) is 0.474. The van der Waals surface area contributed by atoms with Crippen LogP contribution in [0.1, 0.15) is 49.9 Å². The van der Waals surface area contributed by atoms with Crippen LogP contribution in [0.3, 0.4) is 0 Å². The van der Waals surface area contributed by atoms with Crippen molar-refractivity contribution in [2.45, 2.75) is 45.1 Å². The minimum absolute atomic E-state index is 0.0795. The number of amides is 1. The number of benzene rings is 1. The van der Waals surface area contributed by atoms with Gasteiger partial charge in [-0.25, -0.2) is 0 Å². The zero-order valence-corrected chi connectivity index (χ0v) is 15.5. The Morgan fingerprint density at radius 1 is 1.24 bits per heavy atom. The SMILES string of the molecule is CC(C)(C)c1cc(C(=O)N2CCC(Oc3ccc(Cl)cc3)CC2)no1. The molecular formula is C19H23ClN2O3. The van der Waals surface area contributed by atoms with Crippen LogP contribution < -0.4 is 4.74 Å². The molecule has 0 bridgehead atoms. The molecule has 134 valence electrons. The molecule has 0 unspecified atom stereocenters. The summed E-state index contributed by atoms with van der Waals surface area (Å²) in [5.41, 5.74) is 0.215. The zero-order chi connectivity index (χ0) is 18.0. The summed E-state index contributed by atoms with van der Waals surface area (Å²) in [5.74, 6) is 1.45. The first-order chi connectivity index (χ1) is 11.8. The van der Waals surface area contributed by atoms with E-state index in [-0.39, 0.29) is 17.4 Å². The number of carbonyl (C=O) groups is 1. The highest BCUT2D eigenvalue weighted by molar-refractivity contribution is 6.30. The van der Waals surface area contributed by atoms with Gasteiger partial charge in [-0.05, 0) is 24.3 Å². The monoisotopic (exact) mass is 362 g/mol. The Morgan fingerprint density at radius 2 is 1.88 bits per heavy atom. The predicted octanol–water partition coefficient (Wildman–Crippen LogP) is 4.31. The van der Waals surface area contributed by atoms with Gasteiger partial charge in [0.2, 0.25) is 0 Å². The molecule has 1 saturated heterocycles. The molecule has 25 heavy (non-hydrogen) atoms. The molecule has 1 aliphatic heterocycles. The number of hydrogen-bond donors (Lipinski definition) is 0. The molecule has 3 rings (SSSR count). The van der Waals surface area contributed by atoms with Gasteiger partial charge >= 0.3 is 0 Å². The van der Waals surface area contributed by atoms with Crippen LogP contribution in [0, 0.1) is 0 Å². The van der Waals surface area contributed by atoms with Crippen LogP contribution in [0.5, 0.6) is 5.75 Å². The van der Waals surface area contributed by atoms with Crippen LogP contribution in [0.25, 0.3) is 0 Å². The normalized spacial score (nSPS) is 16.1. The van der Waals surface area contributed by atoms with Crippen molar-refractivity contribution in [1.29, 1.82) is 0 Å². The molecule has 5 nitrogen and oxygen atoms in total. The number of rotatable bonds is 3. The number of likely N-dealkylation sites (tertiary alicyclic amines) is 1. The molecule has 0 spiro atoms. The van der Waals surface area contributed by atoms with Gasteiger partial charge in [-0.2, -0.15) is 0 Å². The Bertz CT molecular complexity index is 726.